The van der Waals surface area contributed by atoms with Crippen molar-refractivity contribution in [2.24, 2.45) is 17.8 Å². The predicted molar refractivity (Wildman–Crippen MR) is 159 cm³/mol. The predicted octanol–water partition coefficient (Wildman–Crippen LogP) is 2.98. The third kappa shape index (κ3) is 7.75. The Morgan fingerprint density at radius 3 is 2.23 bits per heavy atom. The van der Waals surface area contributed by atoms with Crippen molar-refractivity contribution in [3.8, 4) is 11.1 Å². The molecule has 8 heteroatoms. The number of carboxylic acid groups (broad SMARTS) is 1. The van der Waals surface area contributed by atoms with Gasteiger partial charge in [-0.1, -0.05) is 43.3 Å². The molecule has 0 spiro atoms. The Balaban J connectivity index is 0.000000327. The molecule has 40 heavy (non-hydrogen) atoms. The minimum atomic E-state index is -1.00. The van der Waals surface area contributed by atoms with E-state index in [4.69, 9.17) is 0 Å². The first-order valence-electron chi connectivity index (χ1n) is 14.2. The van der Waals surface area contributed by atoms with Crippen LogP contribution in [0.25, 0.3) is 11.1 Å². The van der Waals surface area contributed by atoms with E-state index >= 15 is 0 Å². The van der Waals surface area contributed by atoms with Gasteiger partial charge in [0.2, 0.25) is 6.41 Å². The van der Waals surface area contributed by atoms with Crippen molar-refractivity contribution in [3.63, 3.8) is 0 Å². The van der Waals surface area contributed by atoms with Crippen molar-refractivity contribution in [2.45, 2.75) is 76.8 Å². The largest absolute Gasteiger partial charge is 1.00 e. The number of nitrogens with one attached hydrogen (secondary N) is 2. The smallest absolute Gasteiger partial charge is 1.00 e. The van der Waals surface area contributed by atoms with Crippen LogP contribution >= 0.6 is 11.8 Å². The minimum Gasteiger partial charge on any atom is -1.00 e. The summed E-state index contributed by atoms with van der Waals surface area (Å²) >= 11 is 1.56. The molecule has 2 aromatic carbocycles. The van der Waals surface area contributed by atoms with Gasteiger partial charge in [-0.25, -0.2) is 4.79 Å². The molecule has 0 aliphatic heterocycles. The molecule has 1 atom stereocenters. The first-order valence-corrected chi connectivity index (χ1v) is 15.6. The van der Waals surface area contributed by atoms with Gasteiger partial charge >= 0.3 is 24.8 Å². The Kier molecular flexibility index (Phi) is 11.8. The maximum Gasteiger partial charge on any atom is 1.00 e. The van der Waals surface area contributed by atoms with Crippen LogP contribution in [0.1, 0.15) is 74.8 Å². The standard InChI is InChI=1S/C21H25NO3S.C11H17NO.Li.H/c1-4-15-9-10-17(18(13-15)16-8-6-5-7-14(16)2)20(23)22-19(21(24)25)11-12-26-3;13-7-12-11-4-8-1-9(5-11)3-10(2-8)6-11;;/h5-10,13,19H,4,11-12H2,1-3H3,(H,22,23)(H,24,25);7-10H,1-6H2,(H,12,13);;/q;;+1;-1. The monoisotopic (exact) mass is 558 g/mol. The fraction of sp³-hybridized carbons (Fsp3) is 0.531. The van der Waals surface area contributed by atoms with Crippen LogP contribution in [0.4, 0.5) is 0 Å². The minimum absolute atomic E-state index is 0. The van der Waals surface area contributed by atoms with Gasteiger partial charge in [0.1, 0.15) is 6.04 Å². The Morgan fingerprint density at radius 1 is 1.07 bits per heavy atom. The van der Waals surface area contributed by atoms with E-state index in [1.54, 1.807) is 17.8 Å². The molecular formula is C32H43LiN2O4S. The summed E-state index contributed by atoms with van der Waals surface area (Å²) in [5.74, 6) is 2.11. The molecule has 4 saturated carbocycles. The summed E-state index contributed by atoms with van der Waals surface area (Å²) in [6.45, 7) is 4.08. The van der Waals surface area contributed by atoms with Gasteiger partial charge in [0, 0.05) is 11.1 Å². The normalized spacial score (nSPS) is 24.6. The van der Waals surface area contributed by atoms with Crippen LogP contribution in [0, 0.1) is 24.7 Å². The van der Waals surface area contributed by atoms with Crippen molar-refractivity contribution in [1.29, 1.82) is 0 Å². The van der Waals surface area contributed by atoms with E-state index in [0.29, 0.717) is 17.7 Å². The second-order valence-corrected chi connectivity index (χ2v) is 12.6. The van der Waals surface area contributed by atoms with Crippen LogP contribution in [0.2, 0.25) is 0 Å². The third-order valence-electron chi connectivity index (χ3n) is 8.79. The molecule has 0 saturated heterocycles. The average Bonchev–Trinajstić information content (AvgIpc) is 2.90. The number of hydrogen-bond donors (Lipinski definition) is 3. The zero-order valence-corrected chi connectivity index (χ0v) is 25.2. The first kappa shape index (κ1) is 32.3. The Hall–Kier alpha value is -2.20. The number of rotatable bonds is 10. The molecule has 2 amide bonds. The molecular weight excluding hydrogens is 515 g/mol. The molecule has 2 aromatic rings. The summed E-state index contributed by atoms with van der Waals surface area (Å²) in [7, 11) is 0. The Bertz CT molecular complexity index is 1160. The van der Waals surface area contributed by atoms with E-state index in [2.05, 4.69) is 17.6 Å². The van der Waals surface area contributed by atoms with Gasteiger partial charge in [0.05, 0.1) is 0 Å². The number of aliphatic carboxylic acids is 1. The van der Waals surface area contributed by atoms with E-state index in [9.17, 15) is 19.5 Å². The van der Waals surface area contributed by atoms with Crippen molar-refractivity contribution in [2.75, 3.05) is 12.0 Å². The number of thioether (sulfide) groups is 1. The summed E-state index contributed by atoms with van der Waals surface area (Å²) in [4.78, 5) is 34.9. The summed E-state index contributed by atoms with van der Waals surface area (Å²) in [6, 6.07) is 12.8. The molecule has 0 aromatic heterocycles. The van der Waals surface area contributed by atoms with Crippen molar-refractivity contribution in [1.82, 2.24) is 10.6 Å². The molecule has 212 valence electrons. The van der Waals surface area contributed by atoms with E-state index in [1.807, 2.05) is 49.6 Å². The van der Waals surface area contributed by atoms with Crippen LogP contribution in [-0.4, -0.2) is 47.0 Å². The molecule has 4 aliphatic rings. The quantitative estimate of drug-likeness (QED) is 0.308. The topological polar surface area (TPSA) is 95.5 Å². The zero-order valence-electron chi connectivity index (χ0n) is 25.4. The van der Waals surface area contributed by atoms with E-state index in [0.717, 1.165) is 52.8 Å². The number of hydrogen-bond acceptors (Lipinski definition) is 4. The van der Waals surface area contributed by atoms with Crippen LogP contribution < -0.4 is 29.5 Å². The van der Waals surface area contributed by atoms with E-state index in [-0.39, 0.29) is 31.7 Å². The number of amides is 2. The van der Waals surface area contributed by atoms with Gasteiger partial charge in [0.25, 0.3) is 5.91 Å². The van der Waals surface area contributed by atoms with Gasteiger partial charge in [-0.05, 0) is 116 Å². The molecule has 4 aliphatic carbocycles. The number of carboxylic acids is 1. The van der Waals surface area contributed by atoms with Gasteiger partial charge < -0.3 is 17.2 Å². The van der Waals surface area contributed by atoms with E-state index in [1.165, 1.54) is 38.5 Å². The van der Waals surface area contributed by atoms with Crippen molar-refractivity contribution in [3.05, 3.63) is 59.2 Å². The Labute approximate surface area is 256 Å². The number of carbonyl (C=O) groups is 3. The molecule has 3 N–H and O–H groups in total. The molecule has 4 bridgehead atoms. The zero-order chi connectivity index (χ0) is 28.0. The summed E-state index contributed by atoms with van der Waals surface area (Å²) in [6.07, 6.45) is 12.2. The summed E-state index contributed by atoms with van der Waals surface area (Å²) in [5.41, 5.74) is 4.78. The number of carbonyl (C=O) groups excluding carboxylic acids is 2. The second kappa shape index (κ2) is 14.6. The summed E-state index contributed by atoms with van der Waals surface area (Å²) < 4.78 is 0. The fourth-order valence-electron chi connectivity index (χ4n) is 7.25. The third-order valence-corrected chi connectivity index (χ3v) is 9.43. The first-order chi connectivity index (χ1) is 18.8. The van der Waals surface area contributed by atoms with Crippen LogP contribution in [-0.2, 0) is 16.0 Å². The Morgan fingerprint density at radius 2 is 1.70 bits per heavy atom. The molecule has 6 nitrogen and oxygen atoms in total. The van der Waals surface area contributed by atoms with Crippen LogP contribution in [0.3, 0.4) is 0 Å². The van der Waals surface area contributed by atoms with Gasteiger partial charge in [-0.3, -0.25) is 9.59 Å². The molecule has 6 rings (SSSR count). The van der Waals surface area contributed by atoms with Crippen LogP contribution in [0.15, 0.2) is 42.5 Å². The molecule has 1 unspecified atom stereocenters. The van der Waals surface area contributed by atoms with Crippen molar-refractivity contribution < 1.29 is 39.8 Å². The molecule has 4 fully saturated rings. The maximum absolute atomic E-state index is 12.8. The second-order valence-electron chi connectivity index (χ2n) is 11.7. The van der Waals surface area contributed by atoms with Gasteiger partial charge in [-0.2, -0.15) is 11.8 Å². The van der Waals surface area contributed by atoms with Gasteiger partial charge in [-0.15, -0.1) is 0 Å². The average molecular weight is 559 g/mol. The SMILES string of the molecule is CCc1ccc(C(=O)NC(CCSC)C(=O)O)c(-c2ccccc2C)c1.O=CNC12CC3CC(CC(C3)C1)C2.[H-].[Li+]. The fourth-order valence-corrected chi connectivity index (χ4v) is 7.72. The van der Waals surface area contributed by atoms with Crippen LogP contribution in [0.5, 0.6) is 0 Å². The number of aryl methyl sites for hydroxylation is 2. The molecule has 0 radical (unpaired) electrons. The molecule has 0 heterocycles. The maximum atomic E-state index is 12.8. The summed E-state index contributed by atoms with van der Waals surface area (Å²) in [5, 5.41) is 15.2. The van der Waals surface area contributed by atoms with Crippen molar-refractivity contribution >= 4 is 30.0 Å². The van der Waals surface area contributed by atoms with Gasteiger partial charge in [0.15, 0.2) is 0 Å². The number of benzene rings is 2. The van der Waals surface area contributed by atoms with E-state index < -0.39 is 12.0 Å².